The number of nitrogens with two attached hydrogens (primary N) is 1. The van der Waals surface area contributed by atoms with Crippen LogP contribution in [0.4, 0.5) is 11.6 Å². The maximum atomic E-state index is 10.3. The summed E-state index contributed by atoms with van der Waals surface area (Å²) in [6, 6.07) is 1.98. The number of hydrogen-bond acceptors (Lipinski definition) is 6. The monoisotopic (exact) mass is 351 g/mol. The number of fused-ring (bicyclic) bond motifs is 1. The molecule has 2 aromatic heterocycles. The van der Waals surface area contributed by atoms with E-state index in [0.717, 1.165) is 40.5 Å². The van der Waals surface area contributed by atoms with Crippen molar-refractivity contribution in [2.24, 2.45) is 11.8 Å². The molecule has 6 heteroatoms. The molecule has 0 spiro atoms. The molecule has 1 fully saturated rings. The summed E-state index contributed by atoms with van der Waals surface area (Å²) in [7, 11) is 2.07. The molecule has 0 radical (unpaired) electrons. The van der Waals surface area contributed by atoms with Crippen LogP contribution in [-0.2, 0) is 0 Å². The molecule has 2 aliphatic rings. The molecule has 2 aromatic rings. The fraction of sp³-hybridized carbons (Fsp3) is 0.450. The van der Waals surface area contributed by atoms with E-state index < -0.39 is 0 Å². The normalized spacial score (nSPS) is 22.9. The molecule has 0 bridgehead atoms. The standard InChI is InChI=1S/C20H25N5O/c1-11-4-7-15(26)12(2)17(11)19-18-14(20(21)23-10-22-18)8-16(24-19)25(3)9-13-5-6-13/h4,7-8,10,12-13,17,26H,5-6,9H2,1-3H3,(H2,21,22,23)/t12-,17?/m1/s1. The Morgan fingerprint density at radius 3 is 2.77 bits per heavy atom. The van der Waals surface area contributed by atoms with Crippen molar-refractivity contribution in [2.75, 3.05) is 24.2 Å². The van der Waals surface area contributed by atoms with Gasteiger partial charge >= 0.3 is 0 Å². The van der Waals surface area contributed by atoms with Crippen LogP contribution < -0.4 is 10.6 Å². The van der Waals surface area contributed by atoms with Crippen LogP contribution in [0, 0.1) is 11.8 Å². The molecule has 26 heavy (non-hydrogen) atoms. The quantitative estimate of drug-likeness (QED) is 0.875. The Labute approximate surface area is 153 Å². The molecule has 1 unspecified atom stereocenters. The minimum absolute atomic E-state index is 0.0360. The van der Waals surface area contributed by atoms with E-state index in [1.807, 2.05) is 19.1 Å². The number of aliphatic hydroxyl groups is 1. The van der Waals surface area contributed by atoms with Gasteiger partial charge in [-0.2, -0.15) is 0 Å². The Kier molecular flexibility index (Phi) is 4.05. The van der Waals surface area contributed by atoms with Crippen molar-refractivity contribution in [1.29, 1.82) is 0 Å². The summed E-state index contributed by atoms with van der Waals surface area (Å²) in [5.41, 5.74) is 8.94. The van der Waals surface area contributed by atoms with E-state index in [1.54, 1.807) is 6.08 Å². The van der Waals surface area contributed by atoms with Gasteiger partial charge in [-0.25, -0.2) is 15.0 Å². The minimum Gasteiger partial charge on any atom is -0.512 e. The molecule has 2 aliphatic carbocycles. The number of pyridine rings is 1. The highest BCUT2D eigenvalue weighted by Crippen LogP contribution is 2.41. The first-order valence-corrected chi connectivity index (χ1v) is 9.15. The first-order valence-electron chi connectivity index (χ1n) is 9.15. The second-order valence-corrected chi connectivity index (χ2v) is 7.61. The first kappa shape index (κ1) is 16.8. The lowest BCUT2D eigenvalue weighted by Gasteiger charge is -2.29. The highest BCUT2D eigenvalue weighted by atomic mass is 16.3. The summed E-state index contributed by atoms with van der Waals surface area (Å²) in [5, 5.41) is 11.1. The van der Waals surface area contributed by atoms with Gasteiger partial charge in [0.25, 0.3) is 0 Å². The van der Waals surface area contributed by atoms with Crippen LogP contribution in [0.3, 0.4) is 0 Å². The number of anilines is 2. The van der Waals surface area contributed by atoms with E-state index >= 15 is 0 Å². The number of aromatic nitrogens is 3. The van der Waals surface area contributed by atoms with E-state index in [0.29, 0.717) is 11.6 Å². The molecule has 1 saturated carbocycles. The molecular weight excluding hydrogens is 326 g/mol. The van der Waals surface area contributed by atoms with Gasteiger partial charge in [0, 0.05) is 30.8 Å². The molecule has 6 nitrogen and oxygen atoms in total. The van der Waals surface area contributed by atoms with E-state index in [4.69, 9.17) is 10.7 Å². The van der Waals surface area contributed by atoms with Gasteiger partial charge in [-0.05, 0) is 37.8 Å². The van der Waals surface area contributed by atoms with Crippen molar-refractivity contribution in [3.8, 4) is 0 Å². The van der Waals surface area contributed by atoms with Crippen LogP contribution in [0.25, 0.3) is 10.9 Å². The number of aliphatic hydroxyl groups excluding tert-OH is 1. The average Bonchev–Trinajstić information content (AvgIpc) is 3.43. The van der Waals surface area contributed by atoms with Crippen molar-refractivity contribution < 1.29 is 5.11 Å². The number of hydrogen-bond donors (Lipinski definition) is 2. The summed E-state index contributed by atoms with van der Waals surface area (Å²) in [5.74, 6) is 2.38. The smallest absolute Gasteiger partial charge is 0.134 e. The zero-order valence-corrected chi connectivity index (χ0v) is 15.5. The zero-order chi connectivity index (χ0) is 18.4. The van der Waals surface area contributed by atoms with Crippen molar-refractivity contribution in [1.82, 2.24) is 15.0 Å². The van der Waals surface area contributed by atoms with Crippen LogP contribution in [0.1, 0.15) is 38.3 Å². The van der Waals surface area contributed by atoms with E-state index in [1.165, 1.54) is 19.2 Å². The molecule has 4 rings (SSSR count). The fourth-order valence-corrected chi connectivity index (χ4v) is 3.78. The van der Waals surface area contributed by atoms with Gasteiger partial charge in [0.05, 0.1) is 17.0 Å². The number of nitrogen functional groups attached to an aromatic ring is 1. The second kappa shape index (κ2) is 6.27. The maximum absolute atomic E-state index is 10.3. The van der Waals surface area contributed by atoms with Crippen molar-refractivity contribution >= 4 is 22.5 Å². The fourth-order valence-electron chi connectivity index (χ4n) is 3.78. The first-order chi connectivity index (χ1) is 12.5. The second-order valence-electron chi connectivity index (χ2n) is 7.61. The van der Waals surface area contributed by atoms with Crippen LogP contribution >= 0.6 is 0 Å². The van der Waals surface area contributed by atoms with Gasteiger partial charge in [-0.15, -0.1) is 0 Å². The van der Waals surface area contributed by atoms with Crippen LogP contribution in [0.2, 0.25) is 0 Å². The van der Waals surface area contributed by atoms with Gasteiger partial charge in [-0.1, -0.05) is 18.6 Å². The molecule has 3 N–H and O–H groups in total. The SMILES string of the molecule is CC1=CC=C(O)[C@@H](C)C1c1nc(N(C)CC2CC2)cc2c(N)ncnc12. The van der Waals surface area contributed by atoms with Crippen molar-refractivity contribution in [2.45, 2.75) is 32.6 Å². The molecular formula is C20H25N5O. The lowest BCUT2D eigenvalue weighted by molar-refractivity contribution is 0.319. The van der Waals surface area contributed by atoms with Gasteiger partial charge in [-0.3, -0.25) is 0 Å². The molecule has 136 valence electrons. The van der Waals surface area contributed by atoms with Crippen molar-refractivity contribution in [3.05, 3.63) is 41.6 Å². The number of allylic oxidation sites excluding steroid dienone is 4. The predicted octanol–water partition coefficient (Wildman–Crippen LogP) is 3.57. The van der Waals surface area contributed by atoms with Gasteiger partial charge in [0.15, 0.2) is 0 Å². The lowest BCUT2D eigenvalue weighted by atomic mass is 9.79. The largest absolute Gasteiger partial charge is 0.512 e. The summed E-state index contributed by atoms with van der Waals surface area (Å²) >= 11 is 0. The minimum atomic E-state index is -0.0594. The third kappa shape index (κ3) is 2.89. The van der Waals surface area contributed by atoms with Crippen LogP contribution in [0.5, 0.6) is 0 Å². The topological polar surface area (TPSA) is 88.2 Å². The average molecular weight is 351 g/mol. The highest BCUT2D eigenvalue weighted by Gasteiger charge is 2.31. The molecule has 0 saturated heterocycles. The Morgan fingerprint density at radius 2 is 2.04 bits per heavy atom. The van der Waals surface area contributed by atoms with E-state index in [-0.39, 0.29) is 11.8 Å². The molecule has 2 heterocycles. The number of rotatable bonds is 4. The van der Waals surface area contributed by atoms with E-state index in [9.17, 15) is 5.11 Å². The third-order valence-corrected chi connectivity index (χ3v) is 5.55. The molecule has 0 aliphatic heterocycles. The lowest BCUT2D eigenvalue weighted by Crippen LogP contribution is -2.24. The third-order valence-electron chi connectivity index (χ3n) is 5.55. The van der Waals surface area contributed by atoms with Crippen molar-refractivity contribution in [3.63, 3.8) is 0 Å². The van der Waals surface area contributed by atoms with Gasteiger partial charge < -0.3 is 15.7 Å². The van der Waals surface area contributed by atoms with Crippen LogP contribution in [0.15, 0.2) is 35.9 Å². The summed E-state index contributed by atoms with van der Waals surface area (Å²) in [6.07, 6.45) is 7.79. The van der Waals surface area contributed by atoms with Gasteiger partial charge in [0.1, 0.15) is 18.0 Å². The van der Waals surface area contributed by atoms with E-state index in [2.05, 4.69) is 28.8 Å². The van der Waals surface area contributed by atoms with Gasteiger partial charge in [0.2, 0.25) is 0 Å². The van der Waals surface area contributed by atoms with Crippen LogP contribution in [-0.4, -0.2) is 33.7 Å². The Balaban J connectivity index is 1.88. The summed E-state index contributed by atoms with van der Waals surface area (Å²) in [6.45, 7) is 5.08. The molecule has 2 atom stereocenters. The Hall–Kier alpha value is -2.63. The molecule has 0 aromatic carbocycles. The molecule has 0 amide bonds. The maximum Gasteiger partial charge on any atom is 0.134 e. The Morgan fingerprint density at radius 1 is 1.27 bits per heavy atom. The Bertz CT molecular complexity index is 916. The predicted molar refractivity (Wildman–Crippen MR) is 104 cm³/mol. The zero-order valence-electron chi connectivity index (χ0n) is 15.5. The summed E-state index contributed by atoms with van der Waals surface area (Å²) < 4.78 is 0. The highest BCUT2D eigenvalue weighted by molar-refractivity contribution is 5.91. The summed E-state index contributed by atoms with van der Waals surface area (Å²) in [4.78, 5) is 15.8. The number of nitrogens with zero attached hydrogens (tertiary/aromatic N) is 4.